The number of ether oxygens (including phenoxy) is 1. The van der Waals surface area contributed by atoms with Crippen LogP contribution in [0.15, 0.2) is 52.3 Å². The number of rotatable bonds is 7. The van der Waals surface area contributed by atoms with Gasteiger partial charge in [0, 0.05) is 12.2 Å². The Morgan fingerprint density at radius 3 is 2.73 bits per heavy atom. The largest absolute Gasteiger partial charge is 0.489 e. The third-order valence-corrected chi connectivity index (χ3v) is 3.77. The van der Waals surface area contributed by atoms with E-state index in [4.69, 9.17) is 10.5 Å². The molecule has 1 aliphatic heterocycles. The van der Waals surface area contributed by atoms with E-state index in [0.29, 0.717) is 29.6 Å². The van der Waals surface area contributed by atoms with Crippen molar-refractivity contribution in [2.75, 3.05) is 13.2 Å². The van der Waals surface area contributed by atoms with Gasteiger partial charge in [0.15, 0.2) is 0 Å². The van der Waals surface area contributed by atoms with Crippen molar-refractivity contribution >= 4 is 15.9 Å². The minimum atomic E-state index is -3.73. The number of nitrogens with one attached hydrogen (secondary N) is 1. The molecule has 1 heterocycles. The molecular formula is C15H23N3O3S. The smallest absolute Gasteiger partial charge is 0.342 e. The zero-order valence-corrected chi connectivity index (χ0v) is 14.0. The van der Waals surface area contributed by atoms with Crippen LogP contribution in [0.25, 0.3) is 0 Å². The van der Waals surface area contributed by atoms with Gasteiger partial charge in [-0.05, 0) is 18.9 Å². The topological polar surface area (TPSA) is 93.8 Å². The number of hydrogen-bond donors (Lipinski definition) is 2. The first-order valence-electron chi connectivity index (χ1n) is 6.96. The van der Waals surface area contributed by atoms with E-state index < -0.39 is 10.2 Å². The highest BCUT2D eigenvalue weighted by Gasteiger charge is 2.25. The lowest BCUT2D eigenvalue weighted by atomic mass is 10.1. The Morgan fingerprint density at radius 1 is 1.50 bits per heavy atom. The molecule has 0 spiro atoms. The third kappa shape index (κ3) is 5.16. The van der Waals surface area contributed by atoms with Gasteiger partial charge < -0.3 is 10.5 Å². The molecule has 0 amide bonds. The van der Waals surface area contributed by atoms with Crippen LogP contribution >= 0.6 is 0 Å². The molecule has 1 aliphatic rings. The quantitative estimate of drug-likeness (QED) is 0.424. The molecule has 0 saturated carbocycles. The van der Waals surface area contributed by atoms with Crippen molar-refractivity contribution in [2.45, 2.75) is 20.8 Å². The first-order valence-corrected chi connectivity index (χ1v) is 8.40. The lowest BCUT2D eigenvalue weighted by Gasteiger charge is -2.21. The summed E-state index contributed by atoms with van der Waals surface area (Å²) in [4.78, 5) is 0. The molecule has 0 unspecified atom stereocenters. The van der Waals surface area contributed by atoms with E-state index in [0.717, 1.165) is 0 Å². The Kier molecular flexibility index (Phi) is 6.58. The van der Waals surface area contributed by atoms with Crippen molar-refractivity contribution in [1.82, 2.24) is 4.72 Å². The summed E-state index contributed by atoms with van der Waals surface area (Å²) in [7, 11) is -3.73. The first kappa shape index (κ1) is 18.2. The van der Waals surface area contributed by atoms with Gasteiger partial charge in [0.05, 0.1) is 11.3 Å². The lowest BCUT2D eigenvalue weighted by molar-refractivity contribution is 0.258. The summed E-state index contributed by atoms with van der Waals surface area (Å²) < 4.78 is 34.9. The number of hydrogen-bond acceptors (Lipinski definition) is 4. The zero-order valence-electron chi connectivity index (χ0n) is 13.2. The van der Waals surface area contributed by atoms with Gasteiger partial charge >= 0.3 is 10.2 Å². The molecule has 122 valence electrons. The second kappa shape index (κ2) is 7.95. The van der Waals surface area contributed by atoms with E-state index in [1.165, 1.54) is 0 Å². The minimum Gasteiger partial charge on any atom is -0.489 e. The van der Waals surface area contributed by atoms with Crippen molar-refractivity contribution in [3.05, 3.63) is 47.9 Å². The fraction of sp³-hybridized carbons (Fsp3) is 0.400. The van der Waals surface area contributed by atoms with E-state index >= 15 is 0 Å². The number of nitrogens with two attached hydrogens (primary N) is 1. The summed E-state index contributed by atoms with van der Waals surface area (Å²) in [5.41, 5.74) is 6.87. The van der Waals surface area contributed by atoms with Crippen molar-refractivity contribution in [3.8, 4) is 0 Å². The van der Waals surface area contributed by atoms with Gasteiger partial charge in [0.1, 0.15) is 12.4 Å². The molecular weight excluding hydrogens is 302 g/mol. The molecule has 0 bridgehead atoms. The third-order valence-electron chi connectivity index (χ3n) is 2.74. The normalized spacial score (nSPS) is 18.4. The fourth-order valence-corrected chi connectivity index (χ4v) is 2.91. The van der Waals surface area contributed by atoms with Gasteiger partial charge in [0.2, 0.25) is 0 Å². The average Bonchev–Trinajstić information content (AvgIpc) is 2.40. The molecule has 6 nitrogen and oxygen atoms in total. The Morgan fingerprint density at radius 2 is 2.18 bits per heavy atom. The van der Waals surface area contributed by atoms with Gasteiger partial charge in [-0.1, -0.05) is 38.7 Å². The van der Waals surface area contributed by atoms with Crippen LogP contribution in [0.1, 0.15) is 20.8 Å². The fourth-order valence-electron chi connectivity index (χ4n) is 1.92. The van der Waals surface area contributed by atoms with E-state index in [9.17, 15) is 8.42 Å². The Hall–Kier alpha value is -1.86. The lowest BCUT2D eigenvalue weighted by Crippen LogP contribution is -2.33. The highest BCUT2D eigenvalue weighted by Crippen LogP contribution is 2.22. The number of allylic oxidation sites excluding steroid dienone is 5. The zero-order chi connectivity index (χ0) is 16.8. The predicted molar refractivity (Wildman–Crippen MR) is 89.5 cm³/mol. The summed E-state index contributed by atoms with van der Waals surface area (Å²) in [5, 5.41) is 0. The van der Waals surface area contributed by atoms with Crippen LogP contribution < -0.4 is 10.5 Å². The van der Waals surface area contributed by atoms with Crippen LogP contribution in [-0.2, 0) is 14.9 Å². The highest BCUT2D eigenvalue weighted by atomic mass is 32.2. The molecule has 0 aliphatic carbocycles. The molecule has 0 aromatic heterocycles. The molecule has 0 aromatic rings. The van der Waals surface area contributed by atoms with Crippen molar-refractivity contribution in [1.29, 1.82) is 0 Å². The summed E-state index contributed by atoms with van der Waals surface area (Å²) >= 11 is 0. The average molecular weight is 325 g/mol. The van der Waals surface area contributed by atoms with Crippen molar-refractivity contribution < 1.29 is 13.2 Å². The Balaban J connectivity index is 3.08. The second-order valence-electron chi connectivity index (χ2n) is 5.07. The monoisotopic (exact) mass is 325 g/mol. The van der Waals surface area contributed by atoms with Crippen LogP contribution in [0.4, 0.5) is 0 Å². The molecule has 7 heteroatoms. The molecule has 0 aromatic carbocycles. The SMILES string of the molecule is C=C/C=C(/OC/C=C/C(C)C)C1=C(C)NS(=O)(=O)N=C1CN. The first-order chi connectivity index (χ1) is 10.3. The molecule has 0 fully saturated rings. The van der Waals surface area contributed by atoms with E-state index in [1.807, 2.05) is 12.2 Å². The summed E-state index contributed by atoms with van der Waals surface area (Å²) in [6.45, 7) is 9.78. The maximum absolute atomic E-state index is 11.6. The van der Waals surface area contributed by atoms with Gasteiger partial charge in [-0.15, -0.1) is 4.40 Å². The molecule has 0 atom stereocenters. The van der Waals surface area contributed by atoms with E-state index in [2.05, 4.69) is 29.5 Å². The standard InChI is InChI=1S/C15H23N3O3S/c1-5-7-14(21-9-6-8-11(2)3)15-12(4)17-22(19,20)18-13(15)10-16/h5-8,11,17H,1,9-10,16H2,2-4H3/b8-6+,14-7+. The Bertz CT molecular complexity index is 641. The van der Waals surface area contributed by atoms with E-state index in [1.54, 1.807) is 19.1 Å². The highest BCUT2D eigenvalue weighted by molar-refractivity contribution is 7.88. The maximum atomic E-state index is 11.6. The van der Waals surface area contributed by atoms with Crippen molar-refractivity contribution in [3.63, 3.8) is 0 Å². The molecule has 1 rings (SSSR count). The van der Waals surface area contributed by atoms with Crippen LogP contribution in [0.3, 0.4) is 0 Å². The van der Waals surface area contributed by atoms with Gasteiger partial charge in [-0.25, -0.2) is 0 Å². The number of nitrogens with zero attached hydrogens (tertiary/aromatic N) is 1. The molecule has 22 heavy (non-hydrogen) atoms. The molecule has 3 N–H and O–H groups in total. The van der Waals surface area contributed by atoms with E-state index in [-0.39, 0.29) is 12.3 Å². The molecule has 0 saturated heterocycles. The van der Waals surface area contributed by atoms with Crippen molar-refractivity contribution in [2.24, 2.45) is 16.0 Å². The van der Waals surface area contributed by atoms with Crippen LogP contribution in [0.5, 0.6) is 0 Å². The van der Waals surface area contributed by atoms with Crippen LogP contribution in [0, 0.1) is 5.92 Å². The van der Waals surface area contributed by atoms with Gasteiger partial charge in [-0.2, -0.15) is 8.42 Å². The maximum Gasteiger partial charge on any atom is 0.342 e. The van der Waals surface area contributed by atoms with Crippen LogP contribution in [-0.4, -0.2) is 27.3 Å². The molecule has 0 radical (unpaired) electrons. The summed E-state index contributed by atoms with van der Waals surface area (Å²) in [6, 6.07) is 0. The summed E-state index contributed by atoms with van der Waals surface area (Å²) in [5.74, 6) is 0.909. The van der Waals surface area contributed by atoms with Gasteiger partial charge in [0.25, 0.3) is 0 Å². The summed E-state index contributed by atoms with van der Waals surface area (Å²) in [6.07, 6.45) is 7.16. The second-order valence-corrected chi connectivity index (χ2v) is 6.41. The van der Waals surface area contributed by atoms with Gasteiger partial charge in [-0.3, -0.25) is 4.72 Å². The Labute approximate surface area is 132 Å². The minimum absolute atomic E-state index is 0.00669. The predicted octanol–water partition coefficient (Wildman–Crippen LogP) is 1.81. The van der Waals surface area contributed by atoms with Crippen LogP contribution in [0.2, 0.25) is 0 Å².